The van der Waals surface area contributed by atoms with Crippen LogP contribution in [0.15, 0.2) is 48.5 Å². The van der Waals surface area contributed by atoms with Gasteiger partial charge in [0, 0.05) is 0 Å². The Labute approximate surface area is 134 Å². The Morgan fingerprint density at radius 3 is 1.23 bits per heavy atom. The molecular weight excluding hydrogens is 264 g/mol. The average Bonchev–Trinajstić information content (AvgIpc) is 2.41. The lowest BCUT2D eigenvalue weighted by Crippen LogP contribution is -2.16. The highest BCUT2D eigenvalue weighted by Gasteiger charge is 2.22. The second-order valence-electron chi connectivity index (χ2n) is 8.41. The second-order valence-corrected chi connectivity index (χ2v) is 8.41. The summed E-state index contributed by atoms with van der Waals surface area (Å²) in [7, 11) is 0. The summed E-state index contributed by atoms with van der Waals surface area (Å²) in [5.41, 5.74) is 3.16. The average molecular weight is 290 g/mol. The summed E-state index contributed by atoms with van der Waals surface area (Å²) < 4.78 is 0. The molecule has 0 spiro atoms. The molecule has 0 aliphatic heterocycles. The van der Waals surface area contributed by atoms with Crippen molar-refractivity contribution in [3.63, 3.8) is 0 Å². The normalized spacial score (nSPS) is 13.0. The Hall–Kier alpha value is -1.82. The van der Waals surface area contributed by atoms with Crippen LogP contribution in [-0.2, 0) is 10.8 Å². The fraction of sp³-hybridized carbons (Fsp3) is 0.364. The van der Waals surface area contributed by atoms with Crippen molar-refractivity contribution in [2.24, 2.45) is 0 Å². The van der Waals surface area contributed by atoms with Crippen LogP contribution >= 0.6 is 0 Å². The highest BCUT2D eigenvalue weighted by atomic mass is 14.3. The van der Waals surface area contributed by atoms with Gasteiger partial charge in [-0.2, -0.15) is 0 Å². The van der Waals surface area contributed by atoms with E-state index < -0.39 is 0 Å². The molecule has 0 atom stereocenters. The molecule has 0 N–H and O–H groups in total. The maximum absolute atomic E-state index is 2.38. The van der Waals surface area contributed by atoms with Gasteiger partial charge in [0.05, 0.1) is 0 Å². The molecule has 0 nitrogen and oxygen atoms in total. The van der Waals surface area contributed by atoms with Gasteiger partial charge in [0.1, 0.15) is 0 Å². The Bertz CT molecular complexity index is 767. The third-order valence-electron chi connectivity index (χ3n) is 4.50. The smallest absolute Gasteiger partial charge is 0.0126 e. The minimum Gasteiger partial charge on any atom is -0.0616 e. The zero-order chi connectivity index (χ0) is 16.1. The van der Waals surface area contributed by atoms with Gasteiger partial charge in [-0.1, -0.05) is 77.9 Å². The van der Waals surface area contributed by atoms with Crippen molar-refractivity contribution in [1.29, 1.82) is 0 Å². The van der Waals surface area contributed by atoms with E-state index in [1.165, 1.54) is 32.7 Å². The molecular formula is C22H26. The van der Waals surface area contributed by atoms with Crippen molar-refractivity contribution in [3.05, 3.63) is 59.7 Å². The van der Waals surface area contributed by atoms with Gasteiger partial charge in [0.15, 0.2) is 0 Å². The minimum atomic E-state index is 0.150. The number of hydrogen-bond donors (Lipinski definition) is 0. The van der Waals surface area contributed by atoms with E-state index in [4.69, 9.17) is 0 Å². The number of hydrogen-bond acceptors (Lipinski definition) is 0. The number of fused-ring (bicyclic) bond motifs is 2. The van der Waals surface area contributed by atoms with Crippen LogP contribution < -0.4 is 0 Å². The van der Waals surface area contributed by atoms with Crippen LogP contribution in [0.1, 0.15) is 52.7 Å². The first-order valence-electron chi connectivity index (χ1n) is 8.14. The number of rotatable bonds is 0. The zero-order valence-electron chi connectivity index (χ0n) is 14.6. The molecule has 0 saturated carbocycles. The third kappa shape index (κ3) is 2.52. The van der Waals surface area contributed by atoms with Crippen molar-refractivity contribution < 1.29 is 0 Å². The highest BCUT2D eigenvalue weighted by Crippen LogP contribution is 2.38. The van der Waals surface area contributed by atoms with Gasteiger partial charge in [-0.3, -0.25) is 0 Å². The van der Waals surface area contributed by atoms with Crippen molar-refractivity contribution >= 4 is 21.5 Å². The molecule has 3 aromatic rings. The molecule has 0 amide bonds. The molecule has 0 heterocycles. The molecule has 0 bridgehead atoms. The van der Waals surface area contributed by atoms with Crippen molar-refractivity contribution in [2.75, 3.05) is 0 Å². The zero-order valence-corrected chi connectivity index (χ0v) is 14.6. The molecule has 0 heteroatoms. The topological polar surface area (TPSA) is 0 Å². The van der Waals surface area contributed by atoms with Gasteiger partial charge >= 0.3 is 0 Å². The summed E-state index contributed by atoms with van der Waals surface area (Å²) in [5.74, 6) is 0. The summed E-state index contributed by atoms with van der Waals surface area (Å²) in [4.78, 5) is 0. The summed E-state index contributed by atoms with van der Waals surface area (Å²) in [6, 6.07) is 18.1. The fourth-order valence-corrected chi connectivity index (χ4v) is 3.34. The van der Waals surface area contributed by atoms with Crippen molar-refractivity contribution in [2.45, 2.75) is 52.4 Å². The van der Waals surface area contributed by atoms with E-state index in [-0.39, 0.29) is 10.8 Å². The van der Waals surface area contributed by atoms with Crippen molar-refractivity contribution in [3.8, 4) is 0 Å². The lowest BCUT2D eigenvalue weighted by molar-refractivity contribution is 0.585. The van der Waals surface area contributed by atoms with Crippen LogP contribution in [0.5, 0.6) is 0 Å². The van der Waals surface area contributed by atoms with Gasteiger partial charge < -0.3 is 0 Å². The van der Waals surface area contributed by atoms with Crippen LogP contribution in [-0.4, -0.2) is 0 Å². The quantitative estimate of drug-likeness (QED) is 0.410. The van der Waals surface area contributed by atoms with Crippen LogP contribution in [0.25, 0.3) is 21.5 Å². The Kier molecular flexibility index (Phi) is 3.32. The second kappa shape index (κ2) is 4.84. The minimum absolute atomic E-state index is 0.150. The van der Waals surface area contributed by atoms with Crippen LogP contribution in [0, 0.1) is 0 Å². The monoisotopic (exact) mass is 290 g/mol. The highest BCUT2D eigenvalue weighted by molar-refractivity contribution is 6.01. The molecule has 3 rings (SSSR count). The van der Waals surface area contributed by atoms with Gasteiger partial charge in [-0.05, 0) is 55.6 Å². The number of benzene rings is 3. The standard InChI is InChI=1S/C22H26/c1-21(2,3)19-11-12-20(22(4,5)6)18-14-16-10-8-7-9-15(16)13-17(18)19/h7-14H,1-6H3. The van der Waals surface area contributed by atoms with Crippen molar-refractivity contribution in [1.82, 2.24) is 0 Å². The lowest BCUT2D eigenvalue weighted by Gasteiger charge is -2.27. The molecule has 0 radical (unpaired) electrons. The van der Waals surface area contributed by atoms with E-state index in [2.05, 4.69) is 90.1 Å². The van der Waals surface area contributed by atoms with E-state index in [1.54, 1.807) is 0 Å². The van der Waals surface area contributed by atoms with E-state index >= 15 is 0 Å². The molecule has 0 unspecified atom stereocenters. The Morgan fingerprint density at radius 1 is 0.545 bits per heavy atom. The largest absolute Gasteiger partial charge is 0.0616 e. The SMILES string of the molecule is CC(C)(C)c1ccc(C(C)(C)C)c2cc3ccccc3cc12. The molecule has 3 aromatic carbocycles. The fourth-order valence-electron chi connectivity index (χ4n) is 3.34. The first kappa shape index (κ1) is 15.1. The third-order valence-corrected chi connectivity index (χ3v) is 4.50. The summed E-state index contributed by atoms with van der Waals surface area (Å²) >= 11 is 0. The lowest BCUT2D eigenvalue weighted by atomic mass is 9.77. The Balaban J connectivity index is 2.49. The van der Waals surface area contributed by atoms with Gasteiger partial charge in [-0.25, -0.2) is 0 Å². The van der Waals surface area contributed by atoms with E-state index in [0.717, 1.165) is 0 Å². The molecule has 0 aliphatic rings. The van der Waals surface area contributed by atoms with Gasteiger partial charge in [-0.15, -0.1) is 0 Å². The van der Waals surface area contributed by atoms with E-state index in [9.17, 15) is 0 Å². The van der Waals surface area contributed by atoms with Gasteiger partial charge in [0.25, 0.3) is 0 Å². The first-order chi connectivity index (χ1) is 10.2. The maximum Gasteiger partial charge on any atom is -0.0126 e. The molecule has 0 aromatic heterocycles. The predicted molar refractivity (Wildman–Crippen MR) is 98.9 cm³/mol. The van der Waals surface area contributed by atoms with Crippen LogP contribution in [0.3, 0.4) is 0 Å². The van der Waals surface area contributed by atoms with Crippen LogP contribution in [0.4, 0.5) is 0 Å². The van der Waals surface area contributed by atoms with E-state index in [1.807, 2.05) is 0 Å². The van der Waals surface area contributed by atoms with Crippen LogP contribution in [0.2, 0.25) is 0 Å². The Morgan fingerprint density at radius 2 is 0.909 bits per heavy atom. The summed E-state index contributed by atoms with van der Waals surface area (Å²) in [6.45, 7) is 13.8. The summed E-state index contributed by atoms with van der Waals surface area (Å²) in [6.07, 6.45) is 0. The molecule has 0 aliphatic carbocycles. The molecule has 114 valence electrons. The molecule has 0 saturated heterocycles. The first-order valence-corrected chi connectivity index (χ1v) is 8.14. The molecule has 22 heavy (non-hydrogen) atoms. The predicted octanol–water partition coefficient (Wildman–Crippen LogP) is 6.59. The van der Waals surface area contributed by atoms with E-state index in [0.29, 0.717) is 0 Å². The molecule has 0 fully saturated rings. The summed E-state index contributed by atoms with van der Waals surface area (Å²) in [5, 5.41) is 5.45. The maximum atomic E-state index is 2.38. The van der Waals surface area contributed by atoms with Gasteiger partial charge in [0.2, 0.25) is 0 Å².